The molecule has 18 heavy (non-hydrogen) atoms. The highest BCUT2D eigenvalue weighted by Gasteiger charge is 2.25. The van der Waals surface area contributed by atoms with E-state index in [-0.39, 0.29) is 5.60 Å². The van der Waals surface area contributed by atoms with Crippen LogP contribution in [0, 0.1) is 0 Å². The molecule has 0 amide bonds. The van der Waals surface area contributed by atoms with Crippen LogP contribution in [0.4, 0.5) is 0 Å². The second kappa shape index (κ2) is 6.39. The van der Waals surface area contributed by atoms with Gasteiger partial charge in [0.1, 0.15) is 10.8 Å². The van der Waals surface area contributed by atoms with Gasteiger partial charge >= 0.3 is 0 Å². The number of oxime groups is 1. The Morgan fingerprint density at radius 1 is 1.28 bits per heavy atom. The van der Waals surface area contributed by atoms with Crippen LogP contribution in [0.25, 0.3) is 0 Å². The number of hydrogen-bond donors (Lipinski definition) is 0. The zero-order chi connectivity index (χ0) is 13.8. The van der Waals surface area contributed by atoms with Crippen LogP contribution < -0.4 is 0 Å². The fourth-order valence-corrected chi connectivity index (χ4v) is 1.74. The third-order valence-electron chi connectivity index (χ3n) is 2.50. The molecule has 0 radical (unpaired) electrons. The summed E-state index contributed by atoms with van der Waals surface area (Å²) < 4.78 is 0. The van der Waals surface area contributed by atoms with Crippen LogP contribution in [-0.2, 0) is 4.84 Å². The number of aromatic nitrogens is 1. The van der Waals surface area contributed by atoms with Crippen molar-refractivity contribution in [3.05, 3.63) is 28.0 Å². The predicted molar refractivity (Wildman–Crippen MR) is 76.5 cm³/mol. The van der Waals surface area contributed by atoms with Gasteiger partial charge in [0.05, 0.1) is 10.7 Å². The normalized spacial score (nSPS) is 17.1. The maximum Gasteiger partial charge on any atom is 0.147 e. The monoisotopic (exact) mass is 288 g/mol. The highest BCUT2D eigenvalue weighted by Crippen LogP contribution is 2.26. The van der Waals surface area contributed by atoms with E-state index in [9.17, 15) is 0 Å². The largest absolute Gasteiger partial charge is 0.390 e. The number of hydrogen-bond acceptors (Lipinski definition) is 3. The minimum atomic E-state index is -0.187. The summed E-state index contributed by atoms with van der Waals surface area (Å²) in [6.45, 7) is 8.03. The maximum atomic E-state index is 5.90. The molecule has 3 nitrogen and oxygen atoms in total. The van der Waals surface area contributed by atoms with Gasteiger partial charge in [0.2, 0.25) is 0 Å². The quantitative estimate of drug-likeness (QED) is 0.702. The van der Waals surface area contributed by atoms with E-state index in [1.807, 2.05) is 27.7 Å². The molecule has 5 heteroatoms. The standard InChI is InChI=1S/C11H12Cl2N2O.C2H6/c1-11(2)4-3-9(15-16-11)7-5-8(12)10(13)14-6-7;1-2/h5-6H,3-4H2,1-2H3;1-2H3. The van der Waals surface area contributed by atoms with Gasteiger partial charge in [-0.1, -0.05) is 42.2 Å². The molecule has 0 aromatic carbocycles. The van der Waals surface area contributed by atoms with Crippen molar-refractivity contribution < 1.29 is 4.84 Å². The minimum absolute atomic E-state index is 0.187. The van der Waals surface area contributed by atoms with Gasteiger partial charge < -0.3 is 4.84 Å². The Morgan fingerprint density at radius 2 is 1.94 bits per heavy atom. The summed E-state index contributed by atoms with van der Waals surface area (Å²) in [5.41, 5.74) is 1.54. The Labute approximate surface area is 118 Å². The summed E-state index contributed by atoms with van der Waals surface area (Å²) in [7, 11) is 0. The summed E-state index contributed by atoms with van der Waals surface area (Å²) in [5.74, 6) is 0. The first kappa shape index (κ1) is 15.3. The lowest BCUT2D eigenvalue weighted by Gasteiger charge is -2.27. The average molecular weight is 289 g/mol. The lowest BCUT2D eigenvalue weighted by Crippen LogP contribution is -2.28. The molecule has 0 unspecified atom stereocenters. The molecule has 0 fully saturated rings. The molecule has 0 N–H and O–H groups in total. The van der Waals surface area contributed by atoms with Gasteiger partial charge in [0, 0.05) is 11.8 Å². The van der Waals surface area contributed by atoms with Crippen LogP contribution in [0.2, 0.25) is 10.2 Å². The van der Waals surface area contributed by atoms with Crippen molar-refractivity contribution in [1.29, 1.82) is 0 Å². The molecule has 1 aliphatic rings. The Morgan fingerprint density at radius 3 is 2.44 bits per heavy atom. The predicted octanol–water partition coefficient (Wildman–Crippen LogP) is 4.71. The molecule has 100 valence electrons. The van der Waals surface area contributed by atoms with E-state index < -0.39 is 0 Å². The molecule has 0 aliphatic carbocycles. The average Bonchev–Trinajstić information content (AvgIpc) is 2.35. The second-order valence-corrected chi connectivity index (χ2v) is 5.15. The molecule has 1 aliphatic heterocycles. The van der Waals surface area contributed by atoms with Crippen molar-refractivity contribution in [2.75, 3.05) is 0 Å². The van der Waals surface area contributed by atoms with Crippen LogP contribution in [0.15, 0.2) is 17.4 Å². The van der Waals surface area contributed by atoms with Crippen LogP contribution in [0.3, 0.4) is 0 Å². The summed E-state index contributed by atoms with van der Waals surface area (Å²) in [5, 5.41) is 4.84. The zero-order valence-corrected chi connectivity index (χ0v) is 12.6. The van der Waals surface area contributed by atoms with Gasteiger partial charge in [-0.2, -0.15) is 0 Å². The van der Waals surface area contributed by atoms with Crippen LogP contribution in [0.1, 0.15) is 46.1 Å². The summed E-state index contributed by atoms with van der Waals surface area (Å²) >= 11 is 11.6. The van der Waals surface area contributed by atoms with Crippen LogP contribution >= 0.6 is 23.2 Å². The van der Waals surface area contributed by atoms with Gasteiger partial charge in [-0.25, -0.2) is 4.98 Å². The summed E-state index contributed by atoms with van der Waals surface area (Å²) in [4.78, 5) is 9.37. The summed E-state index contributed by atoms with van der Waals surface area (Å²) in [6.07, 6.45) is 3.44. The maximum absolute atomic E-state index is 5.90. The summed E-state index contributed by atoms with van der Waals surface area (Å²) in [6, 6.07) is 1.76. The molecular formula is C13H18Cl2N2O. The Kier molecular flexibility index (Phi) is 5.42. The number of halogens is 2. The topological polar surface area (TPSA) is 34.5 Å². The Bertz CT molecular complexity index is 445. The molecule has 1 aromatic heterocycles. The molecule has 0 bridgehead atoms. The molecule has 1 aromatic rings. The van der Waals surface area contributed by atoms with Gasteiger partial charge in [-0.15, -0.1) is 0 Å². The molecule has 2 rings (SSSR count). The SMILES string of the molecule is CC.CC1(C)CCC(c2cnc(Cl)c(Cl)c2)=NO1. The van der Waals surface area contributed by atoms with E-state index in [0.29, 0.717) is 10.2 Å². The van der Waals surface area contributed by atoms with Crippen molar-refractivity contribution >= 4 is 28.9 Å². The van der Waals surface area contributed by atoms with E-state index in [0.717, 1.165) is 24.1 Å². The number of pyridine rings is 1. The van der Waals surface area contributed by atoms with E-state index in [1.165, 1.54) is 0 Å². The highest BCUT2D eigenvalue weighted by atomic mass is 35.5. The van der Waals surface area contributed by atoms with Crippen LogP contribution in [0.5, 0.6) is 0 Å². The molecular weight excluding hydrogens is 271 g/mol. The lowest BCUT2D eigenvalue weighted by atomic mass is 9.97. The first-order valence-corrected chi connectivity index (χ1v) is 6.80. The molecule has 0 saturated carbocycles. The smallest absolute Gasteiger partial charge is 0.147 e. The Balaban J connectivity index is 0.000000771. The fourth-order valence-electron chi connectivity index (χ4n) is 1.47. The highest BCUT2D eigenvalue weighted by molar-refractivity contribution is 6.41. The zero-order valence-electron chi connectivity index (χ0n) is 11.1. The number of nitrogens with zero attached hydrogens (tertiary/aromatic N) is 2. The molecule has 0 saturated heterocycles. The van der Waals surface area contributed by atoms with E-state index in [1.54, 1.807) is 12.3 Å². The number of rotatable bonds is 1. The van der Waals surface area contributed by atoms with Gasteiger partial charge in [-0.3, -0.25) is 0 Å². The van der Waals surface area contributed by atoms with Crippen molar-refractivity contribution in [2.45, 2.75) is 46.1 Å². The van der Waals surface area contributed by atoms with Gasteiger partial charge in [-0.05, 0) is 32.8 Å². The first-order valence-electron chi connectivity index (χ1n) is 6.04. The van der Waals surface area contributed by atoms with Crippen molar-refractivity contribution in [3.63, 3.8) is 0 Å². The third-order valence-corrected chi connectivity index (χ3v) is 3.18. The van der Waals surface area contributed by atoms with Gasteiger partial charge in [0.25, 0.3) is 0 Å². The van der Waals surface area contributed by atoms with Crippen molar-refractivity contribution in [3.8, 4) is 0 Å². The first-order chi connectivity index (χ1) is 8.48. The molecule has 0 atom stereocenters. The van der Waals surface area contributed by atoms with Gasteiger partial charge in [0.15, 0.2) is 0 Å². The molecule has 2 heterocycles. The van der Waals surface area contributed by atoms with Crippen molar-refractivity contribution in [2.24, 2.45) is 5.16 Å². The second-order valence-electron chi connectivity index (χ2n) is 4.39. The van der Waals surface area contributed by atoms with Crippen molar-refractivity contribution in [1.82, 2.24) is 4.98 Å². The van der Waals surface area contributed by atoms with E-state index in [2.05, 4.69) is 10.1 Å². The third kappa shape index (κ3) is 3.85. The lowest BCUT2D eigenvalue weighted by molar-refractivity contribution is -0.0282. The van der Waals surface area contributed by atoms with E-state index in [4.69, 9.17) is 28.0 Å². The minimum Gasteiger partial charge on any atom is -0.390 e. The fraction of sp³-hybridized carbons (Fsp3) is 0.538. The molecule has 0 spiro atoms. The van der Waals surface area contributed by atoms with E-state index >= 15 is 0 Å². The Hall–Kier alpha value is -0.800. The van der Waals surface area contributed by atoms with Crippen LogP contribution in [-0.4, -0.2) is 16.3 Å².